The molecule has 0 aliphatic rings. The molecular weight excluding hydrogens is 324 g/mol. The quantitative estimate of drug-likeness (QED) is 0.553. The van der Waals surface area contributed by atoms with Crippen molar-refractivity contribution in [1.82, 2.24) is 4.57 Å². The molecule has 0 unspecified atom stereocenters. The second kappa shape index (κ2) is 6.49. The minimum atomic E-state index is -0.947. The third kappa shape index (κ3) is 2.59. The van der Waals surface area contributed by atoms with Gasteiger partial charge in [-0.2, -0.15) is 0 Å². The van der Waals surface area contributed by atoms with Crippen LogP contribution in [0.15, 0.2) is 35.7 Å². The summed E-state index contributed by atoms with van der Waals surface area (Å²) in [6, 6.07) is 9.99. The molecule has 3 aromatic rings. The molecule has 2 aromatic heterocycles. The SMILES string of the molecule is CCc1c(C(=O)C(N)=O)c2c(OC)csc2n1Cc1ccccc1. The number of amides is 1. The predicted octanol–water partition coefficient (Wildman–Crippen LogP) is 2.99. The summed E-state index contributed by atoms with van der Waals surface area (Å²) in [4.78, 5) is 24.9. The van der Waals surface area contributed by atoms with E-state index in [4.69, 9.17) is 10.5 Å². The van der Waals surface area contributed by atoms with E-state index in [0.29, 0.717) is 29.7 Å². The van der Waals surface area contributed by atoms with Crippen molar-refractivity contribution in [3.8, 4) is 5.75 Å². The number of nitrogens with zero attached hydrogens (tertiary/aromatic N) is 1. The normalized spacial score (nSPS) is 10.9. The lowest BCUT2D eigenvalue weighted by Crippen LogP contribution is -2.24. The van der Waals surface area contributed by atoms with Crippen LogP contribution < -0.4 is 10.5 Å². The van der Waals surface area contributed by atoms with Crippen LogP contribution in [0, 0.1) is 0 Å². The molecular formula is C18H18N2O3S. The van der Waals surface area contributed by atoms with Gasteiger partial charge in [0.15, 0.2) is 0 Å². The number of carbonyl (C=O) groups excluding carboxylic acids is 2. The number of thiophene rings is 1. The molecule has 0 saturated heterocycles. The summed E-state index contributed by atoms with van der Waals surface area (Å²) in [5, 5.41) is 2.53. The van der Waals surface area contributed by atoms with E-state index in [-0.39, 0.29) is 0 Å². The largest absolute Gasteiger partial charge is 0.495 e. The number of benzene rings is 1. The van der Waals surface area contributed by atoms with Gasteiger partial charge in [0.25, 0.3) is 11.7 Å². The number of nitrogens with two attached hydrogens (primary N) is 1. The van der Waals surface area contributed by atoms with Gasteiger partial charge in [0, 0.05) is 17.6 Å². The van der Waals surface area contributed by atoms with Gasteiger partial charge in [-0.15, -0.1) is 11.3 Å². The van der Waals surface area contributed by atoms with Gasteiger partial charge in [0.1, 0.15) is 10.6 Å². The van der Waals surface area contributed by atoms with Gasteiger partial charge in [-0.05, 0) is 12.0 Å². The summed E-state index contributed by atoms with van der Waals surface area (Å²) in [6.45, 7) is 2.58. The lowest BCUT2D eigenvalue weighted by molar-refractivity contribution is -0.114. The third-order valence-electron chi connectivity index (χ3n) is 4.04. The molecule has 0 saturated carbocycles. The van der Waals surface area contributed by atoms with Crippen LogP contribution in [-0.2, 0) is 17.8 Å². The van der Waals surface area contributed by atoms with Gasteiger partial charge in [-0.25, -0.2) is 0 Å². The maximum absolute atomic E-state index is 12.4. The molecule has 5 nitrogen and oxygen atoms in total. The average molecular weight is 342 g/mol. The van der Waals surface area contributed by atoms with Crippen LogP contribution in [0.4, 0.5) is 0 Å². The van der Waals surface area contributed by atoms with Gasteiger partial charge >= 0.3 is 0 Å². The highest BCUT2D eigenvalue weighted by molar-refractivity contribution is 7.17. The van der Waals surface area contributed by atoms with E-state index in [0.717, 1.165) is 16.1 Å². The highest BCUT2D eigenvalue weighted by Crippen LogP contribution is 2.39. The van der Waals surface area contributed by atoms with E-state index in [1.807, 2.05) is 42.6 Å². The summed E-state index contributed by atoms with van der Waals surface area (Å²) in [7, 11) is 1.56. The van der Waals surface area contributed by atoms with Gasteiger partial charge in [-0.3, -0.25) is 9.59 Å². The Balaban J connectivity index is 2.27. The predicted molar refractivity (Wildman–Crippen MR) is 94.8 cm³/mol. The molecule has 6 heteroatoms. The number of Topliss-reactive ketones (excluding diaryl/α,β-unsaturated/α-hetero) is 1. The molecule has 0 atom stereocenters. The monoisotopic (exact) mass is 342 g/mol. The van der Waals surface area contributed by atoms with Crippen LogP contribution >= 0.6 is 11.3 Å². The van der Waals surface area contributed by atoms with Gasteiger partial charge in [-0.1, -0.05) is 37.3 Å². The summed E-state index contributed by atoms with van der Waals surface area (Å²) in [5.41, 5.74) is 7.57. The Morgan fingerprint density at radius 1 is 1.25 bits per heavy atom. The minimum Gasteiger partial charge on any atom is -0.495 e. The zero-order valence-corrected chi connectivity index (χ0v) is 14.4. The first kappa shape index (κ1) is 16.3. The van der Waals surface area contributed by atoms with Crippen molar-refractivity contribution in [3.05, 3.63) is 52.5 Å². The van der Waals surface area contributed by atoms with Crippen LogP contribution in [0.25, 0.3) is 10.2 Å². The fourth-order valence-corrected chi connectivity index (χ4v) is 4.04. The maximum Gasteiger partial charge on any atom is 0.289 e. The van der Waals surface area contributed by atoms with Crippen molar-refractivity contribution in [2.75, 3.05) is 7.11 Å². The van der Waals surface area contributed by atoms with Crippen LogP contribution in [0.5, 0.6) is 5.75 Å². The van der Waals surface area contributed by atoms with E-state index in [2.05, 4.69) is 4.57 Å². The molecule has 3 rings (SSSR count). The average Bonchev–Trinajstić information content (AvgIpc) is 3.13. The zero-order chi connectivity index (χ0) is 17.3. The Kier molecular flexibility index (Phi) is 4.40. The molecule has 0 bridgehead atoms. The third-order valence-corrected chi connectivity index (χ3v) is 5.02. The summed E-state index contributed by atoms with van der Waals surface area (Å²) in [6.07, 6.45) is 0.617. The number of aromatic nitrogens is 1. The van der Waals surface area contributed by atoms with Crippen molar-refractivity contribution in [3.63, 3.8) is 0 Å². The molecule has 24 heavy (non-hydrogen) atoms. The molecule has 1 amide bonds. The van der Waals surface area contributed by atoms with Crippen LogP contribution in [0.1, 0.15) is 28.5 Å². The van der Waals surface area contributed by atoms with Gasteiger partial charge < -0.3 is 15.0 Å². The minimum absolute atomic E-state index is 0.369. The first-order valence-corrected chi connectivity index (χ1v) is 8.51. The fourth-order valence-electron chi connectivity index (χ4n) is 2.98. The van der Waals surface area contributed by atoms with Crippen molar-refractivity contribution >= 4 is 33.2 Å². The van der Waals surface area contributed by atoms with Crippen LogP contribution in [-0.4, -0.2) is 23.4 Å². The Labute approximate surface area is 143 Å². The maximum atomic E-state index is 12.4. The van der Waals surface area contributed by atoms with E-state index in [1.165, 1.54) is 11.3 Å². The van der Waals surface area contributed by atoms with E-state index in [9.17, 15) is 9.59 Å². The highest BCUT2D eigenvalue weighted by atomic mass is 32.1. The number of ketones is 1. The van der Waals surface area contributed by atoms with Crippen molar-refractivity contribution in [1.29, 1.82) is 0 Å². The summed E-state index contributed by atoms with van der Waals surface area (Å²) in [5.74, 6) is -1.02. The lowest BCUT2D eigenvalue weighted by atomic mass is 10.1. The standard InChI is InChI=1S/C18H18N2O3S/c1-3-12-14(16(21)17(19)22)15-13(23-2)10-24-18(15)20(12)9-11-7-5-4-6-8-11/h4-8,10H,3,9H2,1-2H3,(H2,19,22). The number of hydrogen-bond acceptors (Lipinski definition) is 4. The van der Waals surface area contributed by atoms with Crippen LogP contribution in [0.3, 0.4) is 0 Å². The molecule has 0 radical (unpaired) electrons. The number of methoxy groups -OCH3 is 1. The number of rotatable bonds is 6. The molecule has 0 aliphatic heterocycles. The second-order valence-electron chi connectivity index (χ2n) is 5.42. The number of carbonyl (C=O) groups is 2. The molecule has 124 valence electrons. The van der Waals surface area contributed by atoms with Gasteiger partial charge in [0.2, 0.25) is 0 Å². The van der Waals surface area contributed by atoms with E-state index >= 15 is 0 Å². The second-order valence-corrected chi connectivity index (χ2v) is 6.28. The number of hydrogen-bond donors (Lipinski definition) is 1. The Morgan fingerprint density at radius 2 is 1.96 bits per heavy atom. The molecule has 0 spiro atoms. The van der Waals surface area contributed by atoms with Crippen molar-refractivity contribution in [2.45, 2.75) is 19.9 Å². The molecule has 0 aliphatic carbocycles. The Bertz CT molecular complexity index is 909. The Morgan fingerprint density at radius 3 is 2.54 bits per heavy atom. The number of primary amides is 1. The number of ether oxygens (including phenoxy) is 1. The number of fused-ring (bicyclic) bond motifs is 1. The fraction of sp³-hybridized carbons (Fsp3) is 0.222. The Hall–Kier alpha value is -2.60. The topological polar surface area (TPSA) is 74.3 Å². The van der Waals surface area contributed by atoms with Crippen LogP contribution in [0.2, 0.25) is 0 Å². The molecule has 2 N–H and O–H groups in total. The smallest absolute Gasteiger partial charge is 0.289 e. The summed E-state index contributed by atoms with van der Waals surface area (Å²) >= 11 is 1.50. The lowest BCUT2D eigenvalue weighted by Gasteiger charge is -2.10. The molecule has 0 fully saturated rings. The van der Waals surface area contributed by atoms with Gasteiger partial charge in [0.05, 0.1) is 18.1 Å². The van der Waals surface area contributed by atoms with E-state index < -0.39 is 11.7 Å². The first-order valence-electron chi connectivity index (χ1n) is 7.63. The first-order chi connectivity index (χ1) is 11.6. The molecule has 2 heterocycles. The zero-order valence-electron chi connectivity index (χ0n) is 13.5. The van der Waals surface area contributed by atoms with E-state index in [1.54, 1.807) is 7.11 Å². The summed E-state index contributed by atoms with van der Waals surface area (Å²) < 4.78 is 7.47. The highest BCUT2D eigenvalue weighted by Gasteiger charge is 2.28. The van der Waals surface area contributed by atoms with Crippen molar-refractivity contribution < 1.29 is 14.3 Å². The molecule has 1 aromatic carbocycles. The van der Waals surface area contributed by atoms with Crippen molar-refractivity contribution in [2.24, 2.45) is 5.73 Å².